The lowest BCUT2D eigenvalue weighted by atomic mass is 10.5. The van der Waals surface area contributed by atoms with Gasteiger partial charge in [0.2, 0.25) is 0 Å². The highest BCUT2D eigenvalue weighted by Gasteiger charge is 2.51. The van der Waals surface area contributed by atoms with Gasteiger partial charge in [-0.25, -0.2) is 0 Å². The zero-order chi connectivity index (χ0) is 14.9. The van der Waals surface area contributed by atoms with Gasteiger partial charge in [0, 0.05) is 0 Å². The van der Waals surface area contributed by atoms with E-state index in [2.05, 4.69) is 45.8 Å². The second kappa shape index (κ2) is 5.81. The average molecular weight is 340 g/mol. The summed E-state index contributed by atoms with van der Waals surface area (Å²) in [6.45, 7) is 15.3. The van der Waals surface area contributed by atoms with Gasteiger partial charge in [-0.15, -0.1) is 0 Å². The Morgan fingerprint density at radius 2 is 1.05 bits per heavy atom. The Balaban J connectivity index is 2.97. The molecule has 2 N–H and O–H groups in total. The third kappa shape index (κ3) is 5.89. The first kappa shape index (κ1) is 17.7. The molecule has 1 saturated heterocycles. The predicted octanol–water partition coefficient (Wildman–Crippen LogP) is 2.59. The molecule has 1 aliphatic rings. The Kier molecular flexibility index (Phi) is 5.42. The standard InChI is InChI=1S/C10H29NO4Si4/c1-16(2)12-17(3,4)14-19(7,10-8-9-11)15-18(5,6)13-16/h8-11H2,1-7H3. The van der Waals surface area contributed by atoms with E-state index in [1.54, 1.807) is 0 Å². The van der Waals surface area contributed by atoms with Crippen LogP contribution in [0.2, 0.25) is 51.9 Å². The Labute approximate surface area is 121 Å². The van der Waals surface area contributed by atoms with Crippen LogP contribution in [0.5, 0.6) is 0 Å². The number of nitrogens with two attached hydrogens (primary N) is 1. The van der Waals surface area contributed by atoms with Gasteiger partial charge in [0.25, 0.3) is 0 Å². The van der Waals surface area contributed by atoms with Crippen LogP contribution in [0, 0.1) is 0 Å². The zero-order valence-electron chi connectivity index (χ0n) is 13.3. The van der Waals surface area contributed by atoms with E-state index in [9.17, 15) is 0 Å². The van der Waals surface area contributed by atoms with Gasteiger partial charge in [-0.1, -0.05) is 0 Å². The molecule has 0 spiro atoms. The zero-order valence-corrected chi connectivity index (χ0v) is 17.3. The summed E-state index contributed by atoms with van der Waals surface area (Å²) in [5.41, 5.74) is 5.63. The topological polar surface area (TPSA) is 62.9 Å². The molecule has 1 rings (SSSR count). The molecule has 0 aromatic rings. The third-order valence-electron chi connectivity index (χ3n) is 2.74. The molecule has 0 aromatic carbocycles. The molecule has 5 nitrogen and oxygen atoms in total. The van der Waals surface area contributed by atoms with Crippen LogP contribution in [0.25, 0.3) is 0 Å². The van der Waals surface area contributed by atoms with Gasteiger partial charge in [-0.3, -0.25) is 0 Å². The Bertz CT molecular complexity index is 303. The van der Waals surface area contributed by atoms with Gasteiger partial charge < -0.3 is 22.2 Å². The van der Waals surface area contributed by atoms with E-state index in [0.29, 0.717) is 6.54 Å². The summed E-state index contributed by atoms with van der Waals surface area (Å²) in [5.74, 6) is 0. The van der Waals surface area contributed by atoms with E-state index in [-0.39, 0.29) is 0 Å². The van der Waals surface area contributed by atoms with Crippen molar-refractivity contribution in [3.05, 3.63) is 0 Å². The molecule has 0 aromatic heterocycles. The van der Waals surface area contributed by atoms with E-state index < -0.39 is 34.2 Å². The molecule has 114 valence electrons. The van der Waals surface area contributed by atoms with E-state index in [0.717, 1.165) is 12.5 Å². The normalized spacial score (nSPS) is 28.4. The van der Waals surface area contributed by atoms with Gasteiger partial charge in [0.05, 0.1) is 0 Å². The Morgan fingerprint density at radius 3 is 1.42 bits per heavy atom. The molecule has 0 bridgehead atoms. The summed E-state index contributed by atoms with van der Waals surface area (Å²) in [6.07, 6.45) is 0.929. The van der Waals surface area contributed by atoms with Crippen molar-refractivity contribution in [2.24, 2.45) is 5.73 Å². The maximum atomic E-state index is 6.41. The lowest BCUT2D eigenvalue weighted by Gasteiger charge is -2.47. The highest BCUT2D eigenvalue weighted by atomic mass is 28.5. The second-order valence-electron chi connectivity index (χ2n) is 6.63. The Morgan fingerprint density at radius 1 is 0.684 bits per heavy atom. The van der Waals surface area contributed by atoms with Gasteiger partial charge in [0.1, 0.15) is 0 Å². The van der Waals surface area contributed by atoms with Crippen molar-refractivity contribution in [3.8, 4) is 0 Å². The first-order valence-electron chi connectivity index (χ1n) is 6.89. The second-order valence-corrected chi connectivity index (χ2v) is 21.1. The summed E-state index contributed by atoms with van der Waals surface area (Å²) in [6, 6.07) is 0.908. The first-order valence-corrected chi connectivity index (χ1v) is 17.9. The molecule has 1 heterocycles. The molecule has 0 atom stereocenters. The van der Waals surface area contributed by atoms with Crippen LogP contribution in [0.3, 0.4) is 0 Å². The van der Waals surface area contributed by atoms with Gasteiger partial charge in [0.15, 0.2) is 0 Å². The SMILES string of the molecule is C[Si]1(C)O[Si](C)(C)O[Si](C)(CCCN)O[Si](C)(C)O1. The van der Waals surface area contributed by atoms with Crippen molar-refractivity contribution >= 4 is 34.2 Å². The summed E-state index contributed by atoms with van der Waals surface area (Å²) >= 11 is 0. The third-order valence-corrected chi connectivity index (χ3v) is 19.3. The first-order chi connectivity index (χ1) is 8.39. The largest absolute Gasteiger partial charge is 0.416 e. The van der Waals surface area contributed by atoms with Crippen LogP contribution in [-0.4, -0.2) is 40.8 Å². The molecule has 1 fully saturated rings. The molecule has 0 amide bonds. The van der Waals surface area contributed by atoms with Gasteiger partial charge >= 0.3 is 34.2 Å². The summed E-state index contributed by atoms with van der Waals surface area (Å²) in [4.78, 5) is 0. The fraction of sp³-hybridized carbons (Fsp3) is 1.00. The van der Waals surface area contributed by atoms with Crippen molar-refractivity contribution in [2.75, 3.05) is 6.54 Å². The summed E-state index contributed by atoms with van der Waals surface area (Å²) < 4.78 is 25.4. The molecule has 9 heteroatoms. The number of rotatable bonds is 3. The minimum Gasteiger partial charge on any atom is -0.416 e. The van der Waals surface area contributed by atoms with E-state index in [4.69, 9.17) is 22.2 Å². The van der Waals surface area contributed by atoms with Crippen LogP contribution >= 0.6 is 0 Å². The summed E-state index contributed by atoms with van der Waals surface area (Å²) in [5, 5.41) is 0. The van der Waals surface area contributed by atoms with Gasteiger partial charge in [-0.2, -0.15) is 0 Å². The van der Waals surface area contributed by atoms with Crippen LogP contribution in [0.4, 0.5) is 0 Å². The lowest BCUT2D eigenvalue weighted by Crippen LogP contribution is -2.65. The van der Waals surface area contributed by atoms with Crippen molar-refractivity contribution in [1.82, 2.24) is 0 Å². The molecule has 19 heavy (non-hydrogen) atoms. The van der Waals surface area contributed by atoms with Crippen molar-refractivity contribution in [3.63, 3.8) is 0 Å². The molecule has 0 unspecified atom stereocenters. The average Bonchev–Trinajstić information content (AvgIpc) is 2.06. The maximum Gasteiger partial charge on any atom is 0.317 e. The van der Waals surface area contributed by atoms with Crippen molar-refractivity contribution < 1.29 is 16.5 Å². The smallest absolute Gasteiger partial charge is 0.317 e. The molecule has 0 aliphatic carbocycles. The Hall–Kier alpha value is 0.668. The van der Waals surface area contributed by atoms with Crippen LogP contribution in [0.15, 0.2) is 0 Å². The maximum absolute atomic E-state index is 6.41. The van der Waals surface area contributed by atoms with Crippen molar-refractivity contribution in [2.45, 2.75) is 58.3 Å². The monoisotopic (exact) mass is 339 g/mol. The molecule has 0 saturated carbocycles. The van der Waals surface area contributed by atoms with Crippen LogP contribution in [-0.2, 0) is 16.5 Å². The number of hydrogen-bond acceptors (Lipinski definition) is 5. The molecular formula is C10H29NO4Si4. The predicted molar refractivity (Wildman–Crippen MR) is 86.9 cm³/mol. The van der Waals surface area contributed by atoms with Crippen molar-refractivity contribution in [1.29, 1.82) is 0 Å². The fourth-order valence-electron chi connectivity index (χ4n) is 2.83. The lowest BCUT2D eigenvalue weighted by molar-refractivity contribution is 0.234. The number of hydrogen-bond donors (Lipinski definition) is 1. The van der Waals surface area contributed by atoms with Gasteiger partial charge in [-0.05, 0) is 64.8 Å². The molecule has 0 radical (unpaired) electrons. The van der Waals surface area contributed by atoms with Crippen LogP contribution in [0.1, 0.15) is 6.42 Å². The van der Waals surface area contributed by atoms with E-state index in [1.165, 1.54) is 0 Å². The van der Waals surface area contributed by atoms with E-state index in [1.807, 2.05) is 0 Å². The fourth-order valence-corrected chi connectivity index (χ4v) is 24.5. The molecular weight excluding hydrogens is 310 g/mol. The summed E-state index contributed by atoms with van der Waals surface area (Å²) in [7, 11) is -8.83. The minimum atomic E-state index is -2.26. The van der Waals surface area contributed by atoms with E-state index >= 15 is 0 Å². The highest BCUT2D eigenvalue weighted by molar-refractivity contribution is 6.93. The quantitative estimate of drug-likeness (QED) is 0.801. The highest BCUT2D eigenvalue weighted by Crippen LogP contribution is 2.32. The van der Waals surface area contributed by atoms with Crippen LogP contribution < -0.4 is 5.73 Å². The molecule has 1 aliphatic heterocycles. The minimum absolute atomic E-state index is 0.668.